The fraction of sp³-hybridized carbons (Fsp3) is 0.100. The molecule has 2 aromatic carbocycles. The Morgan fingerprint density at radius 3 is 2.70 bits per heavy atom. The van der Waals surface area contributed by atoms with Gasteiger partial charge < -0.3 is 9.47 Å². The molecule has 1 amide bonds. The minimum absolute atomic E-state index is 0.261. The summed E-state index contributed by atoms with van der Waals surface area (Å²) in [6.45, 7) is 0. The van der Waals surface area contributed by atoms with Crippen molar-refractivity contribution in [2.45, 2.75) is 0 Å². The molecule has 1 N–H and O–H groups in total. The van der Waals surface area contributed by atoms with Gasteiger partial charge in [0.15, 0.2) is 16.6 Å². The Labute approximate surface area is 166 Å². The van der Waals surface area contributed by atoms with Crippen LogP contribution in [-0.4, -0.2) is 25.1 Å². The third kappa shape index (κ3) is 4.87. The van der Waals surface area contributed by atoms with Crippen molar-refractivity contribution in [2.75, 3.05) is 19.5 Å². The zero-order valence-corrected chi connectivity index (χ0v) is 16.3. The van der Waals surface area contributed by atoms with Crippen LogP contribution in [0.4, 0.5) is 5.13 Å². The molecule has 0 atom stereocenters. The second-order valence-electron chi connectivity index (χ2n) is 5.49. The largest absolute Gasteiger partial charge is 0.493 e. The molecule has 1 aromatic heterocycles. The van der Waals surface area contributed by atoms with Crippen LogP contribution in [0.1, 0.15) is 5.56 Å². The summed E-state index contributed by atoms with van der Waals surface area (Å²) in [5.74, 6) is 1.01. The van der Waals surface area contributed by atoms with Gasteiger partial charge in [0.1, 0.15) is 0 Å². The van der Waals surface area contributed by atoms with Crippen molar-refractivity contribution in [1.29, 1.82) is 0 Å². The molecule has 27 heavy (non-hydrogen) atoms. The van der Waals surface area contributed by atoms with E-state index in [0.717, 1.165) is 16.8 Å². The number of nitrogens with one attached hydrogen (secondary N) is 1. The van der Waals surface area contributed by atoms with Crippen molar-refractivity contribution in [2.24, 2.45) is 0 Å². The Kier molecular flexibility index (Phi) is 6.11. The highest BCUT2D eigenvalue weighted by molar-refractivity contribution is 7.14. The minimum Gasteiger partial charge on any atom is -0.493 e. The smallest absolute Gasteiger partial charge is 0.250 e. The normalized spacial score (nSPS) is 10.8. The number of anilines is 1. The van der Waals surface area contributed by atoms with Gasteiger partial charge in [0, 0.05) is 22.0 Å². The molecule has 3 rings (SSSR count). The molecular formula is C20H17ClN2O3S. The van der Waals surface area contributed by atoms with Crippen molar-refractivity contribution in [3.05, 3.63) is 64.5 Å². The number of rotatable bonds is 6. The number of hydrogen-bond acceptors (Lipinski definition) is 5. The fourth-order valence-corrected chi connectivity index (χ4v) is 3.31. The average molecular weight is 401 g/mol. The Morgan fingerprint density at radius 2 is 1.96 bits per heavy atom. The Bertz CT molecular complexity index is 985. The molecular weight excluding hydrogens is 384 g/mol. The second-order valence-corrected chi connectivity index (χ2v) is 6.78. The molecule has 0 spiro atoms. The van der Waals surface area contributed by atoms with E-state index in [1.165, 1.54) is 17.4 Å². The van der Waals surface area contributed by atoms with Gasteiger partial charge >= 0.3 is 0 Å². The molecule has 0 unspecified atom stereocenters. The number of nitrogens with zero attached hydrogens (tertiary/aromatic N) is 1. The Morgan fingerprint density at radius 1 is 1.15 bits per heavy atom. The molecule has 0 aliphatic rings. The molecule has 1 heterocycles. The summed E-state index contributed by atoms with van der Waals surface area (Å²) in [5.41, 5.74) is 2.47. The monoisotopic (exact) mass is 400 g/mol. The molecule has 138 valence electrons. The zero-order valence-electron chi connectivity index (χ0n) is 14.7. The lowest BCUT2D eigenvalue weighted by Crippen LogP contribution is -2.07. The van der Waals surface area contributed by atoms with E-state index in [0.29, 0.717) is 21.7 Å². The maximum atomic E-state index is 12.1. The van der Waals surface area contributed by atoms with E-state index >= 15 is 0 Å². The summed E-state index contributed by atoms with van der Waals surface area (Å²) in [6.07, 6.45) is 3.15. The van der Waals surface area contributed by atoms with Gasteiger partial charge in [0.25, 0.3) is 0 Å². The highest BCUT2D eigenvalue weighted by atomic mass is 35.5. The van der Waals surface area contributed by atoms with E-state index in [4.69, 9.17) is 21.1 Å². The highest BCUT2D eigenvalue weighted by Gasteiger charge is 2.10. The predicted octanol–water partition coefficient (Wildman–Crippen LogP) is 5.13. The van der Waals surface area contributed by atoms with Gasteiger partial charge in [-0.25, -0.2) is 4.98 Å². The standard InChI is InChI=1S/C20H17ClN2O3S/c1-25-17-8-7-14(11-18(17)26-2)16-12-27-20(22-16)23-19(24)9-6-13-4-3-5-15(21)10-13/h3-12H,1-2H3,(H,22,23,24)/b9-6+. The van der Waals surface area contributed by atoms with E-state index in [2.05, 4.69) is 10.3 Å². The fourth-order valence-electron chi connectivity index (χ4n) is 2.39. The number of halogens is 1. The number of hydrogen-bond donors (Lipinski definition) is 1. The summed E-state index contributed by atoms with van der Waals surface area (Å²) in [4.78, 5) is 16.6. The molecule has 0 aliphatic heterocycles. The van der Waals surface area contributed by atoms with Crippen molar-refractivity contribution < 1.29 is 14.3 Å². The number of ether oxygens (including phenoxy) is 2. The van der Waals surface area contributed by atoms with Gasteiger partial charge in [-0.1, -0.05) is 23.7 Å². The number of methoxy groups -OCH3 is 2. The number of thiazole rings is 1. The van der Waals surface area contributed by atoms with Crippen LogP contribution in [0, 0.1) is 0 Å². The summed E-state index contributed by atoms with van der Waals surface area (Å²) < 4.78 is 10.6. The molecule has 0 fully saturated rings. The van der Waals surface area contributed by atoms with E-state index in [-0.39, 0.29) is 5.91 Å². The first-order valence-electron chi connectivity index (χ1n) is 8.01. The first kappa shape index (κ1) is 18.9. The number of amides is 1. The summed E-state index contributed by atoms with van der Waals surface area (Å²) in [6, 6.07) is 12.8. The molecule has 0 radical (unpaired) electrons. The topological polar surface area (TPSA) is 60.5 Å². The van der Waals surface area contributed by atoms with E-state index in [9.17, 15) is 4.79 Å². The number of carbonyl (C=O) groups is 1. The quantitative estimate of drug-likeness (QED) is 0.582. The van der Waals surface area contributed by atoms with E-state index in [1.807, 2.05) is 35.7 Å². The van der Waals surface area contributed by atoms with Crippen molar-refractivity contribution in [3.63, 3.8) is 0 Å². The molecule has 7 heteroatoms. The van der Waals surface area contributed by atoms with Gasteiger partial charge in [-0.15, -0.1) is 11.3 Å². The van der Waals surface area contributed by atoms with Crippen LogP contribution in [0.5, 0.6) is 11.5 Å². The van der Waals surface area contributed by atoms with Crippen LogP contribution in [0.3, 0.4) is 0 Å². The number of aromatic nitrogens is 1. The van der Waals surface area contributed by atoms with Crippen LogP contribution < -0.4 is 14.8 Å². The van der Waals surface area contributed by atoms with Crippen molar-refractivity contribution >= 4 is 40.1 Å². The maximum absolute atomic E-state index is 12.1. The number of carbonyl (C=O) groups excluding carboxylic acids is 1. The first-order chi connectivity index (χ1) is 13.1. The maximum Gasteiger partial charge on any atom is 0.250 e. The summed E-state index contributed by atoms with van der Waals surface area (Å²) in [7, 11) is 3.17. The second kappa shape index (κ2) is 8.70. The SMILES string of the molecule is COc1ccc(-c2csc(NC(=O)/C=C/c3cccc(Cl)c3)n2)cc1OC. The van der Waals surface area contributed by atoms with Crippen LogP contribution in [0.25, 0.3) is 17.3 Å². The Balaban J connectivity index is 1.70. The first-order valence-corrected chi connectivity index (χ1v) is 9.27. The van der Waals surface area contributed by atoms with Crippen molar-refractivity contribution in [3.8, 4) is 22.8 Å². The third-order valence-corrected chi connectivity index (χ3v) is 4.68. The molecule has 5 nitrogen and oxygen atoms in total. The summed E-state index contributed by atoms with van der Waals surface area (Å²) >= 11 is 7.28. The molecule has 0 aliphatic carbocycles. The van der Waals surface area contributed by atoms with Gasteiger partial charge in [-0.3, -0.25) is 10.1 Å². The lowest BCUT2D eigenvalue weighted by Gasteiger charge is -2.08. The van der Waals surface area contributed by atoms with Crippen LogP contribution in [-0.2, 0) is 4.79 Å². The third-order valence-electron chi connectivity index (χ3n) is 3.69. The van der Waals surface area contributed by atoms with Gasteiger partial charge in [0.05, 0.1) is 19.9 Å². The lowest BCUT2D eigenvalue weighted by atomic mass is 10.1. The highest BCUT2D eigenvalue weighted by Crippen LogP contribution is 2.33. The lowest BCUT2D eigenvalue weighted by molar-refractivity contribution is -0.111. The zero-order chi connectivity index (χ0) is 19.2. The van der Waals surface area contributed by atoms with E-state index < -0.39 is 0 Å². The molecule has 3 aromatic rings. The summed E-state index contributed by atoms with van der Waals surface area (Å²) in [5, 5.41) is 5.77. The number of benzene rings is 2. The molecule has 0 saturated carbocycles. The molecule has 0 bridgehead atoms. The average Bonchev–Trinajstić information content (AvgIpc) is 3.14. The molecule has 0 saturated heterocycles. The minimum atomic E-state index is -0.261. The Hall–Kier alpha value is -2.83. The van der Waals surface area contributed by atoms with Crippen molar-refractivity contribution in [1.82, 2.24) is 4.98 Å². The van der Waals surface area contributed by atoms with Crippen LogP contribution in [0.15, 0.2) is 53.9 Å². The van der Waals surface area contributed by atoms with Gasteiger partial charge in [-0.05, 0) is 42.0 Å². The van der Waals surface area contributed by atoms with Crippen LogP contribution >= 0.6 is 22.9 Å². The van der Waals surface area contributed by atoms with Gasteiger partial charge in [0.2, 0.25) is 5.91 Å². The van der Waals surface area contributed by atoms with Gasteiger partial charge in [-0.2, -0.15) is 0 Å². The predicted molar refractivity (Wildman–Crippen MR) is 110 cm³/mol. The van der Waals surface area contributed by atoms with E-state index in [1.54, 1.807) is 32.4 Å². The van der Waals surface area contributed by atoms with Crippen LogP contribution in [0.2, 0.25) is 5.02 Å².